The van der Waals surface area contributed by atoms with Crippen molar-refractivity contribution in [2.75, 3.05) is 13.7 Å². The van der Waals surface area contributed by atoms with Crippen LogP contribution in [0.3, 0.4) is 0 Å². The Kier molecular flexibility index (Phi) is 5.66. The highest BCUT2D eigenvalue weighted by Crippen LogP contribution is 2.09. The summed E-state index contributed by atoms with van der Waals surface area (Å²) in [4.78, 5) is 10.5. The second-order valence-corrected chi connectivity index (χ2v) is 5.29. The number of benzene rings is 2. The molecule has 0 saturated carbocycles. The summed E-state index contributed by atoms with van der Waals surface area (Å²) >= 11 is 0. The highest BCUT2D eigenvalue weighted by atomic mass is 16.6. The van der Waals surface area contributed by atoms with Crippen molar-refractivity contribution in [2.45, 2.75) is 0 Å². The van der Waals surface area contributed by atoms with Crippen molar-refractivity contribution < 1.29 is 9.68 Å². The normalized spacial score (nSPS) is 12.1. The molecular weight excluding hydrogens is 332 g/mol. The third kappa shape index (κ3) is 4.10. The van der Waals surface area contributed by atoms with E-state index in [-0.39, 0.29) is 6.61 Å². The average molecular weight is 350 g/mol. The Morgan fingerprint density at radius 3 is 2.19 bits per heavy atom. The van der Waals surface area contributed by atoms with Gasteiger partial charge < -0.3 is 9.68 Å². The van der Waals surface area contributed by atoms with Gasteiger partial charge in [-0.1, -0.05) is 71.0 Å². The van der Waals surface area contributed by atoms with E-state index in [1.807, 2.05) is 60.7 Å². The van der Waals surface area contributed by atoms with Gasteiger partial charge in [-0.3, -0.25) is 0 Å². The van der Waals surface area contributed by atoms with Crippen LogP contribution in [0.2, 0.25) is 0 Å². The molecule has 8 nitrogen and oxygen atoms in total. The fourth-order valence-electron chi connectivity index (χ4n) is 2.31. The standard InChI is InChI=1S/C18H18N6O2/c1-24-18(19-22-23-24)17(15-11-7-4-8-12-15)21-26-13-16(20-25-2)14-9-5-3-6-10-14/h3-12H,13H2,1-2H3/b20-16-,21-17?. The lowest BCUT2D eigenvalue weighted by molar-refractivity contribution is 0.173. The number of hydrogen-bond acceptors (Lipinski definition) is 7. The van der Waals surface area contributed by atoms with E-state index in [2.05, 4.69) is 25.8 Å². The van der Waals surface area contributed by atoms with E-state index in [0.717, 1.165) is 11.1 Å². The summed E-state index contributed by atoms with van der Waals surface area (Å²) in [6.45, 7) is 0.138. The first-order chi connectivity index (χ1) is 12.8. The van der Waals surface area contributed by atoms with Gasteiger partial charge in [-0.2, -0.15) is 0 Å². The van der Waals surface area contributed by atoms with Crippen LogP contribution < -0.4 is 0 Å². The molecule has 0 radical (unpaired) electrons. The zero-order valence-electron chi connectivity index (χ0n) is 14.5. The highest BCUT2D eigenvalue weighted by Gasteiger charge is 2.15. The molecule has 0 aliphatic carbocycles. The first-order valence-electron chi connectivity index (χ1n) is 7.93. The van der Waals surface area contributed by atoms with Crippen LogP contribution in [-0.4, -0.2) is 45.3 Å². The van der Waals surface area contributed by atoms with Gasteiger partial charge in [0.25, 0.3) is 0 Å². The Morgan fingerprint density at radius 1 is 0.962 bits per heavy atom. The fraction of sp³-hybridized carbons (Fsp3) is 0.167. The zero-order valence-corrected chi connectivity index (χ0v) is 14.5. The number of tetrazole rings is 1. The number of nitrogens with zero attached hydrogens (tertiary/aromatic N) is 6. The molecule has 0 bridgehead atoms. The Hall–Kier alpha value is -3.55. The van der Waals surface area contributed by atoms with Crippen LogP contribution in [0, 0.1) is 0 Å². The van der Waals surface area contributed by atoms with Crippen molar-refractivity contribution in [3.63, 3.8) is 0 Å². The maximum Gasteiger partial charge on any atom is 0.204 e. The second-order valence-electron chi connectivity index (χ2n) is 5.29. The Labute approximate surface area is 150 Å². The summed E-state index contributed by atoms with van der Waals surface area (Å²) in [6, 6.07) is 19.2. The van der Waals surface area contributed by atoms with E-state index in [9.17, 15) is 0 Å². The Balaban J connectivity index is 1.85. The third-order valence-electron chi connectivity index (χ3n) is 3.54. The molecule has 0 aliphatic rings. The first-order valence-corrected chi connectivity index (χ1v) is 7.93. The third-order valence-corrected chi connectivity index (χ3v) is 3.54. The van der Waals surface area contributed by atoms with Gasteiger partial charge in [0.05, 0.1) is 0 Å². The molecule has 1 heterocycles. The van der Waals surface area contributed by atoms with Crippen molar-refractivity contribution in [1.29, 1.82) is 0 Å². The molecule has 2 aromatic carbocycles. The minimum absolute atomic E-state index is 0.138. The zero-order chi connectivity index (χ0) is 18.2. The van der Waals surface area contributed by atoms with Crippen LogP contribution in [0.4, 0.5) is 0 Å². The number of rotatable bonds is 7. The van der Waals surface area contributed by atoms with Gasteiger partial charge in [0, 0.05) is 18.2 Å². The van der Waals surface area contributed by atoms with Crippen molar-refractivity contribution in [1.82, 2.24) is 20.2 Å². The van der Waals surface area contributed by atoms with Gasteiger partial charge in [0.15, 0.2) is 12.3 Å². The largest absolute Gasteiger partial charge is 0.399 e. The van der Waals surface area contributed by atoms with Crippen molar-refractivity contribution in [2.24, 2.45) is 17.4 Å². The summed E-state index contributed by atoms with van der Waals surface area (Å²) in [7, 11) is 3.24. The molecule has 0 N–H and O–H groups in total. The van der Waals surface area contributed by atoms with Crippen molar-refractivity contribution in [3.8, 4) is 0 Å². The van der Waals surface area contributed by atoms with Gasteiger partial charge >= 0.3 is 0 Å². The van der Waals surface area contributed by atoms with Crippen LogP contribution in [0.15, 0.2) is 71.0 Å². The maximum absolute atomic E-state index is 5.57. The van der Waals surface area contributed by atoms with Gasteiger partial charge in [0.2, 0.25) is 5.82 Å². The Morgan fingerprint density at radius 2 is 1.62 bits per heavy atom. The lowest BCUT2D eigenvalue weighted by Gasteiger charge is -2.07. The van der Waals surface area contributed by atoms with E-state index in [1.165, 1.54) is 11.8 Å². The van der Waals surface area contributed by atoms with Gasteiger partial charge in [-0.15, -0.1) is 5.10 Å². The molecule has 26 heavy (non-hydrogen) atoms. The average Bonchev–Trinajstić information content (AvgIpc) is 3.11. The van der Waals surface area contributed by atoms with Crippen LogP contribution in [0.1, 0.15) is 17.0 Å². The SMILES string of the molecule is CO/N=C(/CON=C(c1ccccc1)c1nnnn1C)c1ccccc1. The smallest absolute Gasteiger partial charge is 0.204 e. The van der Waals surface area contributed by atoms with Gasteiger partial charge in [-0.05, 0) is 10.4 Å². The van der Waals surface area contributed by atoms with Gasteiger partial charge in [0.1, 0.15) is 12.8 Å². The number of hydrogen-bond donors (Lipinski definition) is 0. The van der Waals surface area contributed by atoms with E-state index < -0.39 is 0 Å². The molecule has 3 rings (SSSR count). The van der Waals surface area contributed by atoms with E-state index >= 15 is 0 Å². The molecule has 0 spiro atoms. The molecule has 0 saturated heterocycles. The molecule has 0 aliphatic heterocycles. The maximum atomic E-state index is 5.57. The predicted octanol–water partition coefficient (Wildman–Crippen LogP) is 2.03. The summed E-state index contributed by atoms with van der Waals surface area (Å²) in [5.41, 5.74) is 2.89. The lowest BCUT2D eigenvalue weighted by atomic mass is 10.1. The monoisotopic (exact) mass is 350 g/mol. The molecular formula is C18H18N6O2. The quantitative estimate of drug-likeness (QED) is 0.481. The van der Waals surface area contributed by atoms with Crippen LogP contribution in [-0.2, 0) is 16.7 Å². The van der Waals surface area contributed by atoms with Crippen molar-refractivity contribution >= 4 is 11.4 Å². The molecule has 0 atom stereocenters. The van der Waals surface area contributed by atoms with E-state index in [1.54, 1.807) is 7.05 Å². The minimum atomic E-state index is 0.138. The predicted molar refractivity (Wildman–Crippen MR) is 96.8 cm³/mol. The molecule has 132 valence electrons. The van der Waals surface area contributed by atoms with Crippen LogP contribution >= 0.6 is 0 Å². The number of aromatic nitrogens is 4. The van der Waals surface area contributed by atoms with Crippen LogP contribution in [0.25, 0.3) is 0 Å². The fourth-order valence-corrected chi connectivity index (χ4v) is 2.31. The first kappa shape index (κ1) is 17.3. The molecule has 0 unspecified atom stereocenters. The van der Waals surface area contributed by atoms with E-state index in [4.69, 9.17) is 9.68 Å². The molecule has 3 aromatic rings. The molecule has 8 heteroatoms. The summed E-state index contributed by atoms with van der Waals surface area (Å²) in [6.07, 6.45) is 0. The minimum Gasteiger partial charge on any atom is -0.399 e. The van der Waals surface area contributed by atoms with E-state index in [0.29, 0.717) is 17.2 Å². The van der Waals surface area contributed by atoms with Crippen molar-refractivity contribution in [3.05, 3.63) is 77.6 Å². The molecule has 1 aromatic heterocycles. The topological polar surface area (TPSA) is 86.8 Å². The summed E-state index contributed by atoms with van der Waals surface area (Å²) < 4.78 is 1.54. The molecule has 0 amide bonds. The Bertz CT molecular complexity index is 890. The highest BCUT2D eigenvalue weighted by molar-refractivity contribution is 6.10. The van der Waals surface area contributed by atoms with Crippen LogP contribution in [0.5, 0.6) is 0 Å². The second kappa shape index (κ2) is 8.52. The number of aryl methyl sites for hydroxylation is 1. The summed E-state index contributed by atoms with van der Waals surface area (Å²) in [5, 5.41) is 19.8. The van der Waals surface area contributed by atoms with Gasteiger partial charge in [-0.25, -0.2) is 4.68 Å². The number of oxime groups is 2. The summed E-state index contributed by atoms with van der Waals surface area (Å²) in [5.74, 6) is 0.501. The molecule has 0 fully saturated rings. The lowest BCUT2D eigenvalue weighted by Crippen LogP contribution is -2.14.